The average molecular weight is 378 g/mol. The molecule has 1 atom stereocenters. The van der Waals surface area contributed by atoms with Gasteiger partial charge in [-0.3, -0.25) is 4.79 Å². The van der Waals surface area contributed by atoms with Gasteiger partial charge >= 0.3 is 0 Å². The van der Waals surface area contributed by atoms with Crippen LogP contribution in [0.2, 0.25) is 0 Å². The van der Waals surface area contributed by atoms with Crippen LogP contribution < -0.4 is 10.1 Å². The summed E-state index contributed by atoms with van der Waals surface area (Å²) in [6.07, 6.45) is 5.09. The Labute approximate surface area is 155 Å². The number of carbonyl (C=O) groups excluding carboxylic acids is 1. The second-order valence-corrected chi connectivity index (χ2v) is 10.3. The van der Waals surface area contributed by atoms with Gasteiger partial charge in [0.15, 0.2) is 0 Å². The molecule has 26 heavy (non-hydrogen) atoms. The monoisotopic (exact) mass is 378 g/mol. The Morgan fingerprint density at radius 1 is 1.19 bits per heavy atom. The molecule has 1 N–H and O–H groups in total. The third-order valence-electron chi connectivity index (χ3n) is 6.15. The Morgan fingerprint density at radius 2 is 1.85 bits per heavy atom. The highest BCUT2D eigenvalue weighted by Crippen LogP contribution is 2.48. The van der Waals surface area contributed by atoms with Crippen LogP contribution in [0.4, 0.5) is 0 Å². The topological polar surface area (TPSA) is 75.7 Å². The number of nitrogens with one attached hydrogen (secondary N) is 1. The minimum absolute atomic E-state index is 0.0883. The molecular weight excluding hydrogens is 352 g/mol. The van der Waals surface area contributed by atoms with Crippen LogP contribution in [0.5, 0.6) is 5.75 Å². The molecule has 2 aliphatic heterocycles. The summed E-state index contributed by atoms with van der Waals surface area (Å²) in [5.41, 5.74) is 0.374. The Kier molecular flexibility index (Phi) is 4.08. The van der Waals surface area contributed by atoms with Crippen LogP contribution in [0, 0.1) is 5.41 Å². The first kappa shape index (κ1) is 17.8. The number of rotatable bonds is 3. The maximum atomic E-state index is 12.6. The highest BCUT2D eigenvalue weighted by Gasteiger charge is 2.48. The summed E-state index contributed by atoms with van der Waals surface area (Å²) in [5, 5.41) is 3.24. The molecule has 1 saturated heterocycles. The van der Waals surface area contributed by atoms with Gasteiger partial charge in [0.2, 0.25) is 15.9 Å². The summed E-state index contributed by atoms with van der Waals surface area (Å²) < 4.78 is 31.5. The molecule has 1 amide bonds. The van der Waals surface area contributed by atoms with E-state index in [-0.39, 0.29) is 17.4 Å². The van der Waals surface area contributed by atoms with Gasteiger partial charge in [-0.25, -0.2) is 12.7 Å². The van der Waals surface area contributed by atoms with E-state index in [0.717, 1.165) is 24.2 Å². The molecule has 0 unspecified atom stereocenters. The molecule has 1 spiro atoms. The predicted molar refractivity (Wildman–Crippen MR) is 98.3 cm³/mol. The SMILES string of the molecule is CC1(C(=O)N[C@@H]2CC3(CCN(S(C)(=O)=O)CC3)Oc3ccccc32)CC1. The molecule has 1 aromatic rings. The lowest BCUT2D eigenvalue weighted by Gasteiger charge is -2.46. The molecule has 1 aliphatic carbocycles. The van der Waals surface area contributed by atoms with Gasteiger partial charge in [0.25, 0.3) is 0 Å². The lowest BCUT2D eigenvalue weighted by Crippen LogP contribution is -2.53. The first-order chi connectivity index (χ1) is 12.2. The van der Waals surface area contributed by atoms with Crippen molar-refractivity contribution in [1.82, 2.24) is 9.62 Å². The summed E-state index contributed by atoms with van der Waals surface area (Å²) in [5.74, 6) is 0.917. The summed E-state index contributed by atoms with van der Waals surface area (Å²) in [4.78, 5) is 12.6. The van der Waals surface area contributed by atoms with E-state index in [1.807, 2.05) is 31.2 Å². The van der Waals surface area contributed by atoms with Crippen molar-refractivity contribution in [2.75, 3.05) is 19.3 Å². The Balaban J connectivity index is 1.57. The van der Waals surface area contributed by atoms with Crippen LogP contribution in [0.15, 0.2) is 24.3 Å². The molecule has 142 valence electrons. The molecule has 7 heteroatoms. The lowest BCUT2D eigenvalue weighted by molar-refractivity contribution is -0.127. The van der Waals surface area contributed by atoms with E-state index in [1.54, 1.807) is 0 Å². The van der Waals surface area contributed by atoms with Gasteiger partial charge < -0.3 is 10.1 Å². The molecule has 0 aromatic heterocycles. The van der Waals surface area contributed by atoms with Gasteiger partial charge in [0.05, 0.1) is 12.3 Å². The molecule has 2 fully saturated rings. The van der Waals surface area contributed by atoms with Gasteiger partial charge in [-0.15, -0.1) is 0 Å². The van der Waals surface area contributed by atoms with Crippen LogP contribution in [0.1, 0.15) is 50.6 Å². The fourth-order valence-corrected chi connectivity index (χ4v) is 4.87. The zero-order valence-electron chi connectivity index (χ0n) is 15.3. The standard InChI is InChI=1S/C19H26N2O4S/c1-18(7-8-18)17(22)20-15-13-19(25-16-6-4-3-5-14(15)16)9-11-21(12-10-19)26(2,23)24/h3-6,15H,7-13H2,1-2H3,(H,20,22)/t15-/m1/s1. The van der Waals surface area contributed by atoms with Crippen LogP contribution in [0.3, 0.4) is 0 Å². The molecule has 0 radical (unpaired) electrons. The Morgan fingerprint density at radius 3 is 2.46 bits per heavy atom. The number of hydrogen-bond donors (Lipinski definition) is 1. The zero-order valence-corrected chi connectivity index (χ0v) is 16.1. The number of nitrogens with zero attached hydrogens (tertiary/aromatic N) is 1. The smallest absolute Gasteiger partial charge is 0.226 e. The van der Waals surface area contributed by atoms with Gasteiger partial charge in [0.1, 0.15) is 11.4 Å². The number of ether oxygens (including phenoxy) is 1. The number of carbonyl (C=O) groups is 1. The summed E-state index contributed by atoms with van der Waals surface area (Å²) >= 11 is 0. The predicted octanol–water partition coefficient (Wildman–Crippen LogP) is 2.22. The van der Waals surface area contributed by atoms with Crippen LogP contribution in [-0.4, -0.2) is 43.6 Å². The molecular formula is C19H26N2O4S. The number of benzene rings is 1. The third kappa shape index (κ3) is 3.22. The number of para-hydroxylation sites is 1. The van der Waals surface area contributed by atoms with Crippen molar-refractivity contribution in [2.45, 2.75) is 50.7 Å². The van der Waals surface area contributed by atoms with E-state index >= 15 is 0 Å². The third-order valence-corrected chi connectivity index (χ3v) is 7.46. The largest absolute Gasteiger partial charge is 0.487 e. The first-order valence-electron chi connectivity index (χ1n) is 9.25. The minimum atomic E-state index is -3.18. The summed E-state index contributed by atoms with van der Waals surface area (Å²) in [6, 6.07) is 7.76. The zero-order chi connectivity index (χ0) is 18.6. The van der Waals surface area contributed by atoms with Crippen molar-refractivity contribution in [2.24, 2.45) is 5.41 Å². The Hall–Kier alpha value is -1.60. The van der Waals surface area contributed by atoms with Gasteiger partial charge in [0, 0.05) is 43.3 Å². The summed E-state index contributed by atoms with van der Waals surface area (Å²) in [6.45, 7) is 2.92. The van der Waals surface area contributed by atoms with E-state index in [9.17, 15) is 13.2 Å². The van der Waals surface area contributed by atoms with Gasteiger partial charge in [-0.05, 0) is 18.9 Å². The molecule has 3 aliphatic rings. The quantitative estimate of drug-likeness (QED) is 0.875. The van der Waals surface area contributed by atoms with E-state index in [0.29, 0.717) is 32.4 Å². The fourth-order valence-electron chi connectivity index (χ4n) is 4.03. The van der Waals surface area contributed by atoms with Crippen molar-refractivity contribution in [3.63, 3.8) is 0 Å². The molecule has 1 saturated carbocycles. The first-order valence-corrected chi connectivity index (χ1v) is 11.1. The molecule has 4 rings (SSSR count). The highest BCUT2D eigenvalue weighted by atomic mass is 32.2. The number of amides is 1. The lowest BCUT2D eigenvalue weighted by atomic mass is 9.81. The van der Waals surface area contributed by atoms with Gasteiger partial charge in [-0.1, -0.05) is 25.1 Å². The van der Waals surface area contributed by atoms with Crippen molar-refractivity contribution in [3.8, 4) is 5.75 Å². The van der Waals surface area contributed by atoms with Crippen molar-refractivity contribution < 1.29 is 17.9 Å². The maximum Gasteiger partial charge on any atom is 0.226 e. The minimum Gasteiger partial charge on any atom is -0.487 e. The number of hydrogen-bond acceptors (Lipinski definition) is 4. The van der Waals surface area contributed by atoms with E-state index in [1.165, 1.54) is 10.6 Å². The van der Waals surface area contributed by atoms with Crippen molar-refractivity contribution in [1.29, 1.82) is 0 Å². The maximum absolute atomic E-state index is 12.6. The molecule has 2 heterocycles. The molecule has 6 nitrogen and oxygen atoms in total. The fraction of sp³-hybridized carbons (Fsp3) is 0.632. The number of fused-ring (bicyclic) bond motifs is 1. The Bertz CT molecular complexity index is 824. The average Bonchev–Trinajstić information content (AvgIpc) is 3.33. The van der Waals surface area contributed by atoms with Crippen molar-refractivity contribution in [3.05, 3.63) is 29.8 Å². The van der Waals surface area contributed by atoms with Gasteiger partial charge in [-0.2, -0.15) is 0 Å². The van der Waals surface area contributed by atoms with E-state index in [2.05, 4.69) is 5.32 Å². The highest BCUT2D eigenvalue weighted by molar-refractivity contribution is 7.88. The summed E-state index contributed by atoms with van der Waals surface area (Å²) in [7, 11) is -3.18. The molecule has 1 aromatic carbocycles. The second kappa shape index (κ2) is 5.96. The van der Waals surface area contributed by atoms with E-state index < -0.39 is 15.6 Å². The van der Waals surface area contributed by atoms with Crippen LogP contribution >= 0.6 is 0 Å². The molecule has 0 bridgehead atoms. The van der Waals surface area contributed by atoms with Crippen LogP contribution in [0.25, 0.3) is 0 Å². The van der Waals surface area contributed by atoms with E-state index in [4.69, 9.17) is 4.74 Å². The van der Waals surface area contributed by atoms with Crippen molar-refractivity contribution >= 4 is 15.9 Å². The second-order valence-electron chi connectivity index (χ2n) is 8.28. The van der Waals surface area contributed by atoms with Crippen LogP contribution in [-0.2, 0) is 14.8 Å². The normalized spacial score (nSPS) is 26.6. The number of piperidine rings is 1. The number of sulfonamides is 1.